The monoisotopic (exact) mass is 149 g/mol. The van der Waals surface area contributed by atoms with E-state index in [1.54, 1.807) is 25.1 Å². The van der Waals surface area contributed by atoms with Gasteiger partial charge in [-0.3, -0.25) is 0 Å². The molecule has 0 fully saturated rings. The largest absolute Gasteiger partial charge is 0.504 e. The van der Waals surface area contributed by atoms with E-state index in [0.717, 1.165) is 0 Å². The van der Waals surface area contributed by atoms with Crippen molar-refractivity contribution in [3.05, 3.63) is 24.1 Å². The molecule has 1 aromatic heterocycles. The fraction of sp³-hybridized carbons (Fsp3) is 0.125. The molecule has 3 nitrogen and oxygen atoms in total. The second-order valence-electron chi connectivity index (χ2n) is 2.36. The molecule has 56 valence electrons. The minimum atomic E-state index is 0.142. The Hall–Kier alpha value is -1.51. The molecule has 1 aromatic carbocycles. The Balaban J connectivity index is 2.90. The van der Waals surface area contributed by atoms with Crippen LogP contribution in [0.25, 0.3) is 11.1 Å². The van der Waals surface area contributed by atoms with Gasteiger partial charge in [0.1, 0.15) is 5.52 Å². The van der Waals surface area contributed by atoms with Crippen molar-refractivity contribution in [3.8, 4) is 5.75 Å². The molecule has 0 bridgehead atoms. The Morgan fingerprint density at radius 1 is 1.45 bits per heavy atom. The molecule has 1 heterocycles. The van der Waals surface area contributed by atoms with Gasteiger partial charge in [-0.25, -0.2) is 4.98 Å². The first kappa shape index (κ1) is 6.22. The molecule has 2 aromatic rings. The molecule has 0 amide bonds. The third-order valence-corrected chi connectivity index (χ3v) is 1.50. The second-order valence-corrected chi connectivity index (χ2v) is 2.36. The van der Waals surface area contributed by atoms with Gasteiger partial charge in [0.25, 0.3) is 0 Å². The zero-order valence-corrected chi connectivity index (χ0v) is 6.03. The lowest BCUT2D eigenvalue weighted by Gasteiger charge is -1.88. The van der Waals surface area contributed by atoms with Crippen molar-refractivity contribution >= 4 is 11.1 Å². The van der Waals surface area contributed by atoms with Gasteiger partial charge in [0.05, 0.1) is 0 Å². The van der Waals surface area contributed by atoms with Crippen LogP contribution in [-0.2, 0) is 0 Å². The summed E-state index contributed by atoms with van der Waals surface area (Å²) >= 11 is 0. The van der Waals surface area contributed by atoms with E-state index in [1.807, 2.05) is 0 Å². The summed E-state index contributed by atoms with van der Waals surface area (Å²) in [6.45, 7) is 1.75. The number of nitrogens with zero attached hydrogens (tertiary/aromatic N) is 1. The second kappa shape index (κ2) is 1.99. The van der Waals surface area contributed by atoms with E-state index in [4.69, 9.17) is 4.42 Å². The van der Waals surface area contributed by atoms with E-state index in [2.05, 4.69) is 4.98 Å². The van der Waals surface area contributed by atoms with Gasteiger partial charge >= 0.3 is 0 Å². The fourth-order valence-electron chi connectivity index (χ4n) is 1.05. The lowest BCUT2D eigenvalue weighted by atomic mass is 10.3. The first-order chi connectivity index (χ1) is 5.27. The number of phenolic OH excluding ortho intramolecular Hbond substituents is 1. The molecular weight excluding hydrogens is 142 g/mol. The topological polar surface area (TPSA) is 46.3 Å². The molecule has 2 rings (SSSR count). The smallest absolute Gasteiger partial charge is 0.196 e. The van der Waals surface area contributed by atoms with Crippen molar-refractivity contribution in [2.75, 3.05) is 0 Å². The molecule has 0 radical (unpaired) electrons. The van der Waals surface area contributed by atoms with Gasteiger partial charge in [-0.1, -0.05) is 6.07 Å². The number of aryl methyl sites for hydroxylation is 1. The molecule has 0 aliphatic heterocycles. The number of aromatic nitrogens is 1. The van der Waals surface area contributed by atoms with Crippen LogP contribution in [-0.4, -0.2) is 10.1 Å². The highest BCUT2D eigenvalue weighted by molar-refractivity contribution is 5.78. The van der Waals surface area contributed by atoms with Crippen molar-refractivity contribution in [1.29, 1.82) is 0 Å². The highest BCUT2D eigenvalue weighted by atomic mass is 16.4. The molecule has 0 aliphatic carbocycles. The third kappa shape index (κ3) is 0.852. The maximum Gasteiger partial charge on any atom is 0.196 e. The third-order valence-electron chi connectivity index (χ3n) is 1.50. The SMILES string of the molecule is Cc1nc2cccc(O)c2o1. The van der Waals surface area contributed by atoms with Crippen molar-refractivity contribution in [2.45, 2.75) is 6.92 Å². The van der Waals surface area contributed by atoms with E-state index in [0.29, 0.717) is 17.0 Å². The van der Waals surface area contributed by atoms with E-state index in [1.165, 1.54) is 0 Å². The first-order valence-electron chi connectivity index (χ1n) is 3.32. The maximum absolute atomic E-state index is 9.25. The lowest BCUT2D eigenvalue weighted by Crippen LogP contribution is -1.67. The number of aromatic hydroxyl groups is 1. The summed E-state index contributed by atoms with van der Waals surface area (Å²) in [4.78, 5) is 4.05. The summed E-state index contributed by atoms with van der Waals surface area (Å²) in [5.41, 5.74) is 1.16. The molecular formula is C8H7NO2. The molecule has 0 unspecified atom stereocenters. The number of rotatable bonds is 0. The van der Waals surface area contributed by atoms with Gasteiger partial charge in [0, 0.05) is 6.92 Å². The highest BCUT2D eigenvalue weighted by Crippen LogP contribution is 2.24. The summed E-state index contributed by atoms with van der Waals surface area (Å²) in [5, 5.41) is 9.25. The quantitative estimate of drug-likeness (QED) is 0.621. The first-order valence-corrected chi connectivity index (χ1v) is 3.32. The van der Waals surface area contributed by atoms with Crippen molar-refractivity contribution in [3.63, 3.8) is 0 Å². The molecule has 0 spiro atoms. The summed E-state index contributed by atoms with van der Waals surface area (Å²) in [6.07, 6.45) is 0. The fourth-order valence-corrected chi connectivity index (χ4v) is 1.05. The number of phenols is 1. The zero-order chi connectivity index (χ0) is 7.84. The van der Waals surface area contributed by atoms with Crippen LogP contribution < -0.4 is 0 Å². The number of benzene rings is 1. The predicted octanol–water partition coefficient (Wildman–Crippen LogP) is 1.84. The van der Waals surface area contributed by atoms with Crippen LogP contribution in [0, 0.1) is 6.92 Å². The Morgan fingerprint density at radius 2 is 2.27 bits per heavy atom. The molecule has 11 heavy (non-hydrogen) atoms. The van der Waals surface area contributed by atoms with Crippen LogP contribution in [0.4, 0.5) is 0 Å². The number of para-hydroxylation sites is 1. The van der Waals surface area contributed by atoms with Gasteiger partial charge < -0.3 is 9.52 Å². The zero-order valence-electron chi connectivity index (χ0n) is 6.03. The average Bonchev–Trinajstić information content (AvgIpc) is 2.31. The predicted molar refractivity (Wildman–Crippen MR) is 40.4 cm³/mol. The van der Waals surface area contributed by atoms with Crippen molar-refractivity contribution < 1.29 is 9.52 Å². The van der Waals surface area contributed by atoms with Gasteiger partial charge in [0.15, 0.2) is 17.2 Å². The number of hydrogen-bond acceptors (Lipinski definition) is 3. The molecule has 0 saturated carbocycles. The van der Waals surface area contributed by atoms with Crippen LogP contribution in [0.5, 0.6) is 5.75 Å². The average molecular weight is 149 g/mol. The van der Waals surface area contributed by atoms with Gasteiger partial charge in [0.2, 0.25) is 0 Å². The summed E-state index contributed by atoms with van der Waals surface area (Å²) < 4.78 is 5.14. The van der Waals surface area contributed by atoms with Crippen LogP contribution >= 0.6 is 0 Å². The van der Waals surface area contributed by atoms with E-state index in [-0.39, 0.29) is 5.75 Å². The van der Waals surface area contributed by atoms with E-state index in [9.17, 15) is 5.11 Å². The van der Waals surface area contributed by atoms with E-state index >= 15 is 0 Å². The Bertz CT molecular complexity index is 392. The number of oxazole rings is 1. The Morgan fingerprint density at radius 3 is 3.00 bits per heavy atom. The molecule has 0 atom stereocenters. The summed E-state index contributed by atoms with van der Waals surface area (Å²) in [7, 11) is 0. The van der Waals surface area contributed by atoms with Gasteiger partial charge in [-0.05, 0) is 12.1 Å². The van der Waals surface area contributed by atoms with Crippen LogP contribution in [0.2, 0.25) is 0 Å². The number of fused-ring (bicyclic) bond motifs is 1. The van der Waals surface area contributed by atoms with Crippen LogP contribution in [0.15, 0.2) is 22.6 Å². The summed E-state index contributed by atoms with van der Waals surface area (Å²) in [6, 6.07) is 5.11. The van der Waals surface area contributed by atoms with Gasteiger partial charge in [-0.15, -0.1) is 0 Å². The molecule has 1 N–H and O–H groups in total. The molecule has 0 saturated heterocycles. The normalized spacial score (nSPS) is 10.6. The van der Waals surface area contributed by atoms with Gasteiger partial charge in [-0.2, -0.15) is 0 Å². The minimum Gasteiger partial charge on any atom is -0.504 e. The minimum absolute atomic E-state index is 0.142. The van der Waals surface area contributed by atoms with Crippen molar-refractivity contribution in [2.24, 2.45) is 0 Å². The Kier molecular flexibility index (Phi) is 1.12. The highest BCUT2D eigenvalue weighted by Gasteiger charge is 2.04. The lowest BCUT2D eigenvalue weighted by molar-refractivity contribution is 0.460. The molecule has 3 heteroatoms. The van der Waals surface area contributed by atoms with Crippen LogP contribution in [0.1, 0.15) is 5.89 Å². The van der Waals surface area contributed by atoms with Crippen LogP contribution in [0.3, 0.4) is 0 Å². The van der Waals surface area contributed by atoms with Crippen molar-refractivity contribution in [1.82, 2.24) is 4.98 Å². The number of hydrogen-bond donors (Lipinski definition) is 1. The maximum atomic E-state index is 9.25. The standard InChI is InChI=1S/C8H7NO2/c1-5-9-6-3-2-4-7(10)8(6)11-5/h2-4,10H,1H3. The summed E-state index contributed by atoms with van der Waals surface area (Å²) in [5.74, 6) is 0.713. The van der Waals surface area contributed by atoms with E-state index < -0.39 is 0 Å². The molecule has 0 aliphatic rings. The Labute approximate surface area is 63.3 Å².